The van der Waals surface area contributed by atoms with Crippen molar-refractivity contribution in [3.8, 4) is 0 Å². The number of hydrogen-bond acceptors (Lipinski definition) is 4. The van der Waals surface area contributed by atoms with E-state index in [2.05, 4.69) is 22.5 Å². The van der Waals surface area contributed by atoms with Crippen LogP contribution in [0.25, 0.3) is 0 Å². The van der Waals surface area contributed by atoms with E-state index in [4.69, 9.17) is 5.14 Å². The van der Waals surface area contributed by atoms with Gasteiger partial charge in [-0.05, 0) is 36.8 Å². The predicted molar refractivity (Wildman–Crippen MR) is 95.1 cm³/mol. The number of rotatable bonds is 6. The lowest BCUT2D eigenvalue weighted by Gasteiger charge is -2.28. The average molecular weight is 359 g/mol. The number of nitrogens with zero attached hydrogens (tertiary/aromatic N) is 1. The van der Waals surface area contributed by atoms with Gasteiger partial charge >= 0.3 is 0 Å². The summed E-state index contributed by atoms with van der Waals surface area (Å²) in [6, 6.07) is 3.31. The molecule has 1 aliphatic carbocycles. The summed E-state index contributed by atoms with van der Waals surface area (Å²) in [5.74, 6) is 0.746. The van der Waals surface area contributed by atoms with Crippen molar-refractivity contribution in [2.45, 2.75) is 49.8 Å². The van der Waals surface area contributed by atoms with Gasteiger partial charge in [-0.2, -0.15) is 0 Å². The van der Waals surface area contributed by atoms with Gasteiger partial charge in [-0.1, -0.05) is 19.8 Å². The fourth-order valence-electron chi connectivity index (χ4n) is 3.05. The van der Waals surface area contributed by atoms with Gasteiger partial charge in [-0.3, -0.25) is 4.99 Å². The van der Waals surface area contributed by atoms with Crippen molar-refractivity contribution in [3.63, 3.8) is 0 Å². The molecular weight excluding hydrogens is 332 g/mol. The molecule has 0 atom stereocenters. The summed E-state index contributed by atoms with van der Waals surface area (Å²) in [6.07, 6.45) is 6.35. The van der Waals surface area contributed by atoms with Crippen LogP contribution in [0.3, 0.4) is 0 Å². The highest BCUT2D eigenvalue weighted by Gasteiger charge is 2.31. The molecule has 0 aliphatic heterocycles. The van der Waals surface area contributed by atoms with Gasteiger partial charge < -0.3 is 10.6 Å². The molecule has 1 saturated carbocycles. The van der Waals surface area contributed by atoms with E-state index in [1.165, 1.54) is 49.5 Å². The van der Waals surface area contributed by atoms with E-state index in [1.807, 2.05) is 0 Å². The Kier molecular flexibility index (Phi) is 6.05. The zero-order valence-corrected chi connectivity index (χ0v) is 15.4. The quantitative estimate of drug-likeness (QED) is 0.535. The Morgan fingerprint density at radius 3 is 2.57 bits per heavy atom. The Morgan fingerprint density at radius 1 is 1.35 bits per heavy atom. The molecule has 0 bridgehead atoms. The Balaban J connectivity index is 1.87. The van der Waals surface area contributed by atoms with Crippen molar-refractivity contribution in [1.82, 2.24) is 10.6 Å². The first-order valence-corrected chi connectivity index (χ1v) is 10.3. The SMILES string of the molecule is CCC1(CNC(=NC)NCc2ccc(S(N)(=O)=O)s2)CCCC1. The number of hydrogen-bond donors (Lipinski definition) is 3. The standard InChI is InChI=1S/C15H26N4O2S2/c1-3-15(8-4-5-9-15)11-19-14(17-2)18-10-12-6-7-13(22-12)23(16,20)21/h6-7H,3-5,8-11H2,1-2H3,(H2,16,20,21)(H2,17,18,19). The predicted octanol–water partition coefficient (Wildman–Crippen LogP) is 2.03. The molecule has 6 nitrogen and oxygen atoms in total. The molecule has 0 aromatic carbocycles. The zero-order valence-electron chi connectivity index (χ0n) is 13.8. The first-order valence-electron chi connectivity index (χ1n) is 7.94. The number of guanidine groups is 1. The highest BCUT2D eigenvalue weighted by molar-refractivity contribution is 7.91. The molecule has 0 radical (unpaired) electrons. The lowest BCUT2D eigenvalue weighted by atomic mass is 9.83. The van der Waals surface area contributed by atoms with Gasteiger partial charge in [0.25, 0.3) is 0 Å². The topological polar surface area (TPSA) is 96.6 Å². The molecule has 130 valence electrons. The maximum Gasteiger partial charge on any atom is 0.247 e. The van der Waals surface area contributed by atoms with Crippen LogP contribution in [-0.4, -0.2) is 28.0 Å². The Hall–Kier alpha value is -1.12. The second-order valence-corrected chi connectivity index (χ2v) is 9.06. The summed E-state index contributed by atoms with van der Waals surface area (Å²) >= 11 is 1.18. The smallest absolute Gasteiger partial charge is 0.247 e. The van der Waals surface area contributed by atoms with E-state index in [1.54, 1.807) is 13.1 Å². The summed E-state index contributed by atoms with van der Waals surface area (Å²) in [4.78, 5) is 5.15. The molecule has 0 saturated heterocycles. The molecule has 8 heteroatoms. The fraction of sp³-hybridized carbons (Fsp3) is 0.667. The van der Waals surface area contributed by atoms with Crippen LogP contribution in [0.2, 0.25) is 0 Å². The number of aliphatic imine (C=N–C) groups is 1. The van der Waals surface area contributed by atoms with Gasteiger partial charge in [0.2, 0.25) is 10.0 Å². The van der Waals surface area contributed by atoms with Crippen LogP contribution in [0.1, 0.15) is 43.9 Å². The van der Waals surface area contributed by atoms with Crippen molar-refractivity contribution in [2.24, 2.45) is 15.5 Å². The number of primary sulfonamides is 1. The molecule has 0 unspecified atom stereocenters. The zero-order chi connectivity index (χ0) is 16.9. The van der Waals surface area contributed by atoms with Gasteiger partial charge in [0.1, 0.15) is 4.21 Å². The monoisotopic (exact) mass is 358 g/mol. The van der Waals surface area contributed by atoms with Gasteiger partial charge in [-0.15, -0.1) is 11.3 Å². The van der Waals surface area contributed by atoms with E-state index >= 15 is 0 Å². The van der Waals surface area contributed by atoms with E-state index in [-0.39, 0.29) is 4.21 Å². The van der Waals surface area contributed by atoms with E-state index < -0.39 is 10.0 Å². The van der Waals surface area contributed by atoms with Crippen LogP contribution in [0.15, 0.2) is 21.3 Å². The molecule has 0 spiro atoms. The van der Waals surface area contributed by atoms with Crippen molar-refractivity contribution >= 4 is 27.3 Å². The molecule has 1 aromatic heterocycles. The molecule has 1 aromatic rings. The molecule has 1 fully saturated rings. The third-order valence-electron chi connectivity index (χ3n) is 4.62. The molecule has 2 rings (SSSR count). The van der Waals surface area contributed by atoms with Crippen LogP contribution in [0.5, 0.6) is 0 Å². The van der Waals surface area contributed by atoms with Crippen LogP contribution in [0, 0.1) is 5.41 Å². The molecular formula is C15H26N4O2S2. The highest BCUT2D eigenvalue weighted by Crippen LogP contribution is 2.40. The summed E-state index contributed by atoms with van der Waals surface area (Å²) < 4.78 is 22.8. The van der Waals surface area contributed by atoms with Gasteiger partial charge in [0.05, 0.1) is 6.54 Å². The van der Waals surface area contributed by atoms with E-state index in [9.17, 15) is 8.42 Å². The summed E-state index contributed by atoms with van der Waals surface area (Å²) in [7, 11) is -1.87. The largest absolute Gasteiger partial charge is 0.356 e. The first kappa shape index (κ1) is 18.2. The Bertz CT molecular complexity index is 646. The first-order chi connectivity index (χ1) is 10.9. The highest BCUT2D eigenvalue weighted by atomic mass is 32.2. The number of thiophene rings is 1. The van der Waals surface area contributed by atoms with Crippen molar-refractivity contribution in [1.29, 1.82) is 0 Å². The lowest BCUT2D eigenvalue weighted by Crippen LogP contribution is -2.42. The van der Waals surface area contributed by atoms with Crippen molar-refractivity contribution in [2.75, 3.05) is 13.6 Å². The molecule has 23 heavy (non-hydrogen) atoms. The minimum absolute atomic E-state index is 0.188. The Morgan fingerprint density at radius 2 is 2.04 bits per heavy atom. The van der Waals surface area contributed by atoms with Crippen LogP contribution in [0.4, 0.5) is 0 Å². The van der Waals surface area contributed by atoms with Crippen molar-refractivity contribution in [3.05, 3.63) is 17.0 Å². The number of sulfonamides is 1. The molecule has 4 N–H and O–H groups in total. The third-order valence-corrected chi connectivity index (χ3v) is 7.14. The van der Waals surface area contributed by atoms with Crippen LogP contribution >= 0.6 is 11.3 Å². The minimum Gasteiger partial charge on any atom is -0.356 e. The summed E-state index contributed by atoms with van der Waals surface area (Å²) in [6.45, 7) is 3.71. The summed E-state index contributed by atoms with van der Waals surface area (Å²) in [5, 5.41) is 11.8. The lowest BCUT2D eigenvalue weighted by molar-refractivity contribution is 0.283. The van der Waals surface area contributed by atoms with E-state index in [0.29, 0.717) is 12.0 Å². The van der Waals surface area contributed by atoms with Crippen molar-refractivity contribution < 1.29 is 8.42 Å². The molecule has 1 aliphatic rings. The number of nitrogens with two attached hydrogens (primary N) is 1. The maximum atomic E-state index is 11.3. The van der Waals surface area contributed by atoms with Gasteiger partial charge in [0.15, 0.2) is 5.96 Å². The molecule has 1 heterocycles. The Labute approximate surface area is 142 Å². The van der Waals surface area contributed by atoms with Crippen LogP contribution < -0.4 is 15.8 Å². The van der Waals surface area contributed by atoms with Crippen LogP contribution in [-0.2, 0) is 16.6 Å². The second kappa shape index (κ2) is 7.63. The normalized spacial score (nSPS) is 18.1. The van der Waals surface area contributed by atoms with Gasteiger partial charge in [-0.25, -0.2) is 13.6 Å². The average Bonchev–Trinajstić information content (AvgIpc) is 3.16. The number of nitrogens with one attached hydrogen (secondary N) is 2. The second-order valence-electron chi connectivity index (χ2n) is 6.11. The fourth-order valence-corrected chi connectivity index (χ4v) is 4.77. The molecule has 0 amide bonds. The van der Waals surface area contributed by atoms with E-state index in [0.717, 1.165) is 17.4 Å². The minimum atomic E-state index is -3.61. The maximum absolute atomic E-state index is 11.3. The third kappa shape index (κ3) is 4.92. The van der Waals surface area contributed by atoms with Gasteiger partial charge in [0, 0.05) is 18.5 Å². The summed E-state index contributed by atoms with van der Waals surface area (Å²) in [5.41, 5.74) is 0.390.